The zero-order valence-electron chi connectivity index (χ0n) is 23.7. The molecule has 3 aromatic carbocycles. The first-order valence-corrected chi connectivity index (χ1v) is 13.5. The molecule has 0 radical (unpaired) electrons. The lowest BCUT2D eigenvalue weighted by Crippen LogP contribution is -2.23. The summed E-state index contributed by atoms with van der Waals surface area (Å²) < 4.78 is 19.3. The van der Waals surface area contributed by atoms with Crippen molar-refractivity contribution in [3.05, 3.63) is 121 Å². The molecule has 0 fully saturated rings. The molecule has 0 unspecified atom stereocenters. The van der Waals surface area contributed by atoms with Crippen LogP contribution in [0.5, 0.6) is 17.2 Å². The number of benzene rings is 3. The number of rotatable bonds is 13. The van der Waals surface area contributed by atoms with E-state index >= 15 is 0 Å². The highest BCUT2D eigenvalue weighted by atomic mass is 16.5. The summed E-state index contributed by atoms with van der Waals surface area (Å²) in [4.78, 5) is 13.2. The fourth-order valence-corrected chi connectivity index (χ4v) is 4.47. The maximum absolute atomic E-state index is 5.92. The highest BCUT2D eigenvalue weighted by Crippen LogP contribution is 2.24. The first-order chi connectivity index (χ1) is 20.1. The molecule has 0 aliphatic carbocycles. The first-order valence-electron chi connectivity index (χ1n) is 13.5. The predicted molar refractivity (Wildman–Crippen MR) is 162 cm³/mol. The van der Waals surface area contributed by atoms with E-state index in [1.165, 1.54) is 0 Å². The fraction of sp³-hybridized carbons (Fsp3) is 0.212. The molecule has 0 bridgehead atoms. The highest BCUT2D eigenvalue weighted by molar-refractivity contribution is 5.49. The zero-order valence-corrected chi connectivity index (χ0v) is 23.7. The number of imidazole rings is 1. The molecule has 0 saturated carbocycles. The van der Waals surface area contributed by atoms with Crippen molar-refractivity contribution in [1.29, 1.82) is 0 Å². The van der Waals surface area contributed by atoms with Crippen LogP contribution in [-0.4, -0.2) is 49.0 Å². The fourth-order valence-electron chi connectivity index (χ4n) is 4.47. The summed E-state index contributed by atoms with van der Waals surface area (Å²) in [5.74, 6) is 3.20. The maximum atomic E-state index is 5.92. The van der Waals surface area contributed by atoms with Gasteiger partial charge >= 0.3 is 0 Å². The average molecular weight is 550 g/mol. The lowest BCUT2D eigenvalue weighted by molar-refractivity contribution is 0.216. The molecule has 41 heavy (non-hydrogen) atoms. The summed E-state index contributed by atoms with van der Waals surface area (Å²) in [6.45, 7) is 2.20. The van der Waals surface area contributed by atoms with Crippen molar-refractivity contribution in [2.45, 2.75) is 13.1 Å². The number of methoxy groups -OCH3 is 1. The Balaban J connectivity index is 1.26. The van der Waals surface area contributed by atoms with E-state index < -0.39 is 0 Å². The third-order valence-corrected chi connectivity index (χ3v) is 6.59. The van der Waals surface area contributed by atoms with E-state index in [0.717, 1.165) is 39.8 Å². The summed E-state index contributed by atoms with van der Waals surface area (Å²) in [5, 5.41) is 0. The molecule has 0 spiro atoms. The Hall–Kier alpha value is -4.98. The van der Waals surface area contributed by atoms with Crippen LogP contribution in [0.1, 0.15) is 11.1 Å². The van der Waals surface area contributed by atoms with Crippen LogP contribution >= 0.6 is 0 Å². The van der Waals surface area contributed by atoms with Crippen LogP contribution in [0.3, 0.4) is 0 Å². The number of ether oxygens (including phenoxy) is 3. The summed E-state index contributed by atoms with van der Waals surface area (Å²) in [6, 6.07) is 28.5. The minimum atomic E-state index is 0.418. The first kappa shape index (κ1) is 27.6. The van der Waals surface area contributed by atoms with Gasteiger partial charge in [-0.15, -0.1) is 0 Å². The SMILES string of the molecule is COc1cccc(CN(Cc2cccc(-n3ccnc3)c2)c2ccc(OCCOc3cccc(N(C)C)c3)cn2)c1. The summed E-state index contributed by atoms with van der Waals surface area (Å²) in [7, 11) is 5.70. The van der Waals surface area contributed by atoms with Gasteiger partial charge in [-0.3, -0.25) is 0 Å². The summed E-state index contributed by atoms with van der Waals surface area (Å²) in [6.07, 6.45) is 7.30. The van der Waals surface area contributed by atoms with Gasteiger partial charge in [0.15, 0.2) is 0 Å². The second kappa shape index (κ2) is 13.4. The van der Waals surface area contributed by atoms with Crippen LogP contribution in [0.25, 0.3) is 5.69 Å². The van der Waals surface area contributed by atoms with E-state index in [9.17, 15) is 0 Å². The molecule has 2 heterocycles. The van der Waals surface area contributed by atoms with Gasteiger partial charge in [0.2, 0.25) is 0 Å². The molecular formula is C33H35N5O3. The van der Waals surface area contributed by atoms with Crippen molar-refractivity contribution >= 4 is 11.5 Å². The van der Waals surface area contributed by atoms with Crippen LogP contribution in [0, 0.1) is 0 Å². The van der Waals surface area contributed by atoms with Gasteiger partial charge in [-0.25, -0.2) is 9.97 Å². The lowest BCUT2D eigenvalue weighted by Gasteiger charge is -2.25. The molecule has 8 nitrogen and oxygen atoms in total. The Labute approximate surface area is 241 Å². The Morgan fingerprint density at radius 1 is 0.756 bits per heavy atom. The van der Waals surface area contributed by atoms with Crippen molar-refractivity contribution in [3.8, 4) is 22.9 Å². The third-order valence-electron chi connectivity index (χ3n) is 6.59. The second-order valence-corrected chi connectivity index (χ2v) is 9.79. The van der Waals surface area contributed by atoms with Gasteiger partial charge in [0.1, 0.15) is 36.3 Å². The van der Waals surface area contributed by atoms with E-state index in [1.54, 1.807) is 25.8 Å². The van der Waals surface area contributed by atoms with Gasteiger partial charge in [0, 0.05) is 57.0 Å². The Morgan fingerprint density at radius 3 is 2.20 bits per heavy atom. The number of anilines is 2. The van der Waals surface area contributed by atoms with Crippen molar-refractivity contribution in [2.75, 3.05) is 44.2 Å². The van der Waals surface area contributed by atoms with Gasteiger partial charge < -0.3 is 28.6 Å². The molecule has 0 saturated heterocycles. The summed E-state index contributed by atoms with van der Waals surface area (Å²) >= 11 is 0. The monoisotopic (exact) mass is 549 g/mol. The van der Waals surface area contributed by atoms with Gasteiger partial charge in [-0.2, -0.15) is 0 Å². The maximum Gasteiger partial charge on any atom is 0.137 e. The number of pyridine rings is 1. The van der Waals surface area contributed by atoms with Gasteiger partial charge in [0.05, 0.1) is 19.6 Å². The minimum absolute atomic E-state index is 0.418. The molecule has 0 amide bonds. The number of hydrogen-bond donors (Lipinski definition) is 0. The van der Waals surface area contributed by atoms with E-state index in [2.05, 4.69) is 46.3 Å². The molecular weight excluding hydrogens is 514 g/mol. The van der Waals surface area contributed by atoms with E-state index in [-0.39, 0.29) is 0 Å². The molecule has 210 valence electrons. The minimum Gasteiger partial charge on any atom is -0.497 e. The van der Waals surface area contributed by atoms with Crippen LogP contribution in [-0.2, 0) is 13.1 Å². The topological polar surface area (TPSA) is 64.9 Å². The molecule has 0 atom stereocenters. The molecule has 0 aliphatic rings. The quantitative estimate of drug-likeness (QED) is 0.167. The number of nitrogens with zero attached hydrogens (tertiary/aromatic N) is 5. The van der Waals surface area contributed by atoms with Crippen LogP contribution in [0.15, 0.2) is 110 Å². The molecule has 0 N–H and O–H groups in total. The van der Waals surface area contributed by atoms with Crippen molar-refractivity contribution < 1.29 is 14.2 Å². The van der Waals surface area contributed by atoms with E-state index in [1.807, 2.05) is 78.3 Å². The average Bonchev–Trinajstić information content (AvgIpc) is 3.55. The van der Waals surface area contributed by atoms with Crippen LogP contribution < -0.4 is 24.0 Å². The van der Waals surface area contributed by atoms with Gasteiger partial charge in [-0.1, -0.05) is 30.3 Å². The predicted octanol–water partition coefficient (Wildman–Crippen LogP) is 6.01. The summed E-state index contributed by atoms with van der Waals surface area (Å²) in [5.41, 5.74) is 4.45. The normalized spacial score (nSPS) is 10.7. The molecule has 8 heteroatoms. The van der Waals surface area contributed by atoms with Crippen molar-refractivity contribution in [3.63, 3.8) is 0 Å². The largest absolute Gasteiger partial charge is 0.497 e. The zero-order chi connectivity index (χ0) is 28.4. The number of aromatic nitrogens is 3. The smallest absolute Gasteiger partial charge is 0.137 e. The Kier molecular flexibility index (Phi) is 9.01. The standard InChI is InChI=1S/C33H35N5O3/c1-36(2)28-9-6-12-31(21-28)40-17-18-41-32-13-14-33(35-22-32)38(24-27-8-5-11-30(20-27)39-3)23-26-7-4-10-29(19-26)37-16-15-34-25-37/h4-16,19-22,25H,17-18,23-24H2,1-3H3. The van der Waals surface area contributed by atoms with Gasteiger partial charge in [-0.05, 0) is 59.7 Å². The van der Waals surface area contributed by atoms with E-state index in [4.69, 9.17) is 19.2 Å². The Morgan fingerprint density at radius 2 is 1.49 bits per heavy atom. The van der Waals surface area contributed by atoms with Crippen LogP contribution in [0.4, 0.5) is 11.5 Å². The number of hydrogen-bond acceptors (Lipinski definition) is 7. The molecule has 2 aromatic heterocycles. The molecule has 5 rings (SSSR count). The lowest BCUT2D eigenvalue weighted by atomic mass is 10.1. The second-order valence-electron chi connectivity index (χ2n) is 9.79. The van der Waals surface area contributed by atoms with E-state index in [0.29, 0.717) is 32.1 Å². The van der Waals surface area contributed by atoms with Crippen molar-refractivity contribution in [2.24, 2.45) is 0 Å². The third kappa shape index (κ3) is 7.57. The van der Waals surface area contributed by atoms with Gasteiger partial charge in [0.25, 0.3) is 0 Å². The molecule has 5 aromatic rings. The van der Waals surface area contributed by atoms with Crippen molar-refractivity contribution in [1.82, 2.24) is 14.5 Å². The Bertz CT molecular complexity index is 1520. The van der Waals surface area contributed by atoms with Crippen LogP contribution in [0.2, 0.25) is 0 Å². The highest BCUT2D eigenvalue weighted by Gasteiger charge is 2.12. The molecule has 0 aliphatic heterocycles.